The molecule has 142 valence electrons. The minimum absolute atomic E-state index is 0.144. The van der Waals surface area contributed by atoms with E-state index in [1.54, 1.807) is 7.05 Å². The SMILES string of the molecule is CC(C)Oc1ccc(-c2c(CN(C)CCN(C)C(=O)O)cnn2C)cc1. The van der Waals surface area contributed by atoms with E-state index in [1.165, 1.54) is 4.90 Å². The van der Waals surface area contributed by atoms with E-state index in [0.29, 0.717) is 19.6 Å². The Balaban J connectivity index is 2.09. The molecule has 0 aliphatic heterocycles. The van der Waals surface area contributed by atoms with Gasteiger partial charge in [0.05, 0.1) is 18.0 Å². The zero-order valence-electron chi connectivity index (χ0n) is 16.1. The Morgan fingerprint density at radius 2 is 1.88 bits per heavy atom. The molecule has 1 aromatic carbocycles. The third-order valence-corrected chi connectivity index (χ3v) is 4.10. The lowest BCUT2D eigenvalue weighted by atomic mass is 10.1. The minimum Gasteiger partial charge on any atom is -0.491 e. The summed E-state index contributed by atoms with van der Waals surface area (Å²) in [5, 5.41) is 13.3. The molecule has 26 heavy (non-hydrogen) atoms. The molecule has 1 amide bonds. The summed E-state index contributed by atoms with van der Waals surface area (Å²) in [6.07, 6.45) is 1.10. The fraction of sp³-hybridized carbons (Fsp3) is 0.474. The number of likely N-dealkylation sites (N-methyl/N-ethyl adjacent to an activating group) is 2. The fourth-order valence-corrected chi connectivity index (χ4v) is 2.72. The highest BCUT2D eigenvalue weighted by atomic mass is 16.5. The van der Waals surface area contributed by atoms with Crippen molar-refractivity contribution in [1.82, 2.24) is 19.6 Å². The Labute approximate surface area is 154 Å². The molecule has 2 rings (SSSR count). The molecule has 1 N–H and O–H groups in total. The van der Waals surface area contributed by atoms with Gasteiger partial charge in [-0.05, 0) is 45.2 Å². The fourth-order valence-electron chi connectivity index (χ4n) is 2.72. The van der Waals surface area contributed by atoms with Gasteiger partial charge in [-0.1, -0.05) is 0 Å². The summed E-state index contributed by atoms with van der Waals surface area (Å²) in [5.74, 6) is 0.848. The lowest BCUT2D eigenvalue weighted by Gasteiger charge is -2.20. The van der Waals surface area contributed by atoms with Gasteiger partial charge >= 0.3 is 6.09 Å². The predicted octanol–water partition coefficient (Wildman–Crippen LogP) is 2.92. The second kappa shape index (κ2) is 8.71. The maximum Gasteiger partial charge on any atom is 0.407 e. The van der Waals surface area contributed by atoms with Crippen molar-refractivity contribution in [3.05, 3.63) is 36.0 Å². The highest BCUT2D eigenvalue weighted by Crippen LogP contribution is 2.26. The molecular formula is C19H28N4O3. The molecule has 0 aliphatic carbocycles. The second-order valence-electron chi connectivity index (χ2n) is 6.77. The molecule has 7 nitrogen and oxygen atoms in total. The van der Waals surface area contributed by atoms with Crippen molar-refractivity contribution in [1.29, 1.82) is 0 Å². The number of hydrogen-bond acceptors (Lipinski definition) is 4. The van der Waals surface area contributed by atoms with E-state index in [-0.39, 0.29) is 6.10 Å². The Morgan fingerprint density at radius 1 is 1.23 bits per heavy atom. The molecule has 7 heteroatoms. The maximum absolute atomic E-state index is 10.9. The number of amides is 1. The van der Waals surface area contributed by atoms with Crippen molar-refractivity contribution >= 4 is 6.09 Å². The number of rotatable bonds is 8. The van der Waals surface area contributed by atoms with E-state index < -0.39 is 6.09 Å². The lowest BCUT2D eigenvalue weighted by molar-refractivity contribution is 0.150. The second-order valence-corrected chi connectivity index (χ2v) is 6.77. The molecule has 0 saturated heterocycles. The van der Waals surface area contributed by atoms with Crippen molar-refractivity contribution in [3.63, 3.8) is 0 Å². The van der Waals surface area contributed by atoms with Gasteiger partial charge in [0.25, 0.3) is 0 Å². The third kappa shape index (κ3) is 5.23. The Kier molecular flexibility index (Phi) is 6.63. The molecule has 0 fully saturated rings. The van der Waals surface area contributed by atoms with Gasteiger partial charge in [0, 0.05) is 44.9 Å². The minimum atomic E-state index is -0.913. The van der Waals surface area contributed by atoms with E-state index >= 15 is 0 Å². The molecule has 1 heterocycles. The average molecular weight is 360 g/mol. The van der Waals surface area contributed by atoms with Crippen LogP contribution in [0.25, 0.3) is 11.3 Å². The number of carboxylic acid groups (broad SMARTS) is 1. The summed E-state index contributed by atoms with van der Waals surface area (Å²) in [6.45, 7) is 5.82. The molecule has 0 saturated carbocycles. The van der Waals surface area contributed by atoms with Crippen LogP contribution in [0.4, 0.5) is 4.79 Å². The monoisotopic (exact) mass is 360 g/mol. The van der Waals surface area contributed by atoms with Gasteiger partial charge in [0.2, 0.25) is 0 Å². The van der Waals surface area contributed by atoms with E-state index in [9.17, 15) is 4.79 Å². The van der Waals surface area contributed by atoms with E-state index in [1.807, 2.05) is 63.1 Å². The van der Waals surface area contributed by atoms with Gasteiger partial charge in [-0.3, -0.25) is 4.68 Å². The predicted molar refractivity (Wildman–Crippen MR) is 101 cm³/mol. The standard InChI is InChI=1S/C19H28N4O3/c1-14(2)26-17-8-6-15(7-9-17)18-16(12-20-23(18)5)13-21(3)10-11-22(4)19(24)25/h6-9,12,14H,10-11,13H2,1-5H3,(H,24,25). The van der Waals surface area contributed by atoms with Crippen molar-refractivity contribution in [3.8, 4) is 17.0 Å². The van der Waals surface area contributed by atoms with Gasteiger partial charge in [-0.2, -0.15) is 5.10 Å². The van der Waals surface area contributed by atoms with Crippen LogP contribution in [0, 0.1) is 0 Å². The number of carbonyl (C=O) groups is 1. The number of aromatic nitrogens is 2. The molecule has 0 spiro atoms. The Hall–Kier alpha value is -2.54. The molecule has 0 radical (unpaired) electrons. The van der Waals surface area contributed by atoms with Crippen LogP contribution in [0.1, 0.15) is 19.4 Å². The normalized spacial score (nSPS) is 11.2. The first-order chi connectivity index (χ1) is 12.3. The van der Waals surface area contributed by atoms with Gasteiger partial charge in [0.1, 0.15) is 5.75 Å². The third-order valence-electron chi connectivity index (χ3n) is 4.10. The summed E-state index contributed by atoms with van der Waals surface area (Å²) < 4.78 is 7.57. The van der Waals surface area contributed by atoms with Crippen LogP contribution in [-0.2, 0) is 13.6 Å². The van der Waals surface area contributed by atoms with Crippen LogP contribution in [0.3, 0.4) is 0 Å². The van der Waals surface area contributed by atoms with Crippen molar-refractivity contribution in [2.45, 2.75) is 26.5 Å². The number of ether oxygens (including phenoxy) is 1. The summed E-state index contributed by atoms with van der Waals surface area (Å²) in [5.41, 5.74) is 3.23. The zero-order valence-corrected chi connectivity index (χ0v) is 16.1. The van der Waals surface area contributed by atoms with Crippen LogP contribution in [-0.4, -0.2) is 64.1 Å². The van der Waals surface area contributed by atoms with Crippen LogP contribution in [0.15, 0.2) is 30.5 Å². The summed E-state index contributed by atoms with van der Waals surface area (Å²) in [6, 6.07) is 8.02. The average Bonchev–Trinajstić information content (AvgIpc) is 2.93. The topological polar surface area (TPSA) is 70.8 Å². The molecule has 0 unspecified atom stereocenters. The van der Waals surface area contributed by atoms with E-state index in [2.05, 4.69) is 10.00 Å². The highest BCUT2D eigenvalue weighted by Gasteiger charge is 2.14. The van der Waals surface area contributed by atoms with E-state index in [4.69, 9.17) is 9.84 Å². The molecule has 0 atom stereocenters. The number of hydrogen-bond donors (Lipinski definition) is 1. The summed E-state index contributed by atoms with van der Waals surface area (Å²) in [7, 11) is 5.48. The largest absolute Gasteiger partial charge is 0.491 e. The Morgan fingerprint density at radius 3 is 2.46 bits per heavy atom. The zero-order chi connectivity index (χ0) is 19.3. The van der Waals surface area contributed by atoms with Crippen LogP contribution >= 0.6 is 0 Å². The van der Waals surface area contributed by atoms with E-state index in [0.717, 1.165) is 22.6 Å². The molecule has 1 aromatic heterocycles. The summed E-state index contributed by atoms with van der Waals surface area (Å²) >= 11 is 0. The van der Waals surface area contributed by atoms with Gasteiger partial charge in [-0.15, -0.1) is 0 Å². The first-order valence-corrected chi connectivity index (χ1v) is 8.68. The highest BCUT2D eigenvalue weighted by molar-refractivity contribution is 5.65. The number of nitrogens with zero attached hydrogens (tertiary/aromatic N) is 4. The van der Waals surface area contributed by atoms with Gasteiger partial charge in [0.15, 0.2) is 0 Å². The number of benzene rings is 1. The van der Waals surface area contributed by atoms with Crippen LogP contribution in [0.5, 0.6) is 5.75 Å². The maximum atomic E-state index is 10.9. The summed E-state index contributed by atoms with van der Waals surface area (Å²) in [4.78, 5) is 14.3. The van der Waals surface area contributed by atoms with Crippen LogP contribution < -0.4 is 4.74 Å². The smallest absolute Gasteiger partial charge is 0.407 e. The first-order valence-electron chi connectivity index (χ1n) is 8.68. The van der Waals surface area contributed by atoms with Crippen molar-refractivity contribution in [2.75, 3.05) is 27.2 Å². The molecule has 2 aromatic rings. The molecule has 0 bridgehead atoms. The lowest BCUT2D eigenvalue weighted by Crippen LogP contribution is -2.33. The molecule has 0 aliphatic rings. The number of aryl methyl sites for hydroxylation is 1. The van der Waals surface area contributed by atoms with Gasteiger partial charge < -0.3 is 19.6 Å². The quantitative estimate of drug-likeness (QED) is 0.784. The van der Waals surface area contributed by atoms with Crippen LogP contribution in [0.2, 0.25) is 0 Å². The Bertz CT molecular complexity index is 725. The van der Waals surface area contributed by atoms with Crippen molar-refractivity contribution < 1.29 is 14.6 Å². The van der Waals surface area contributed by atoms with Gasteiger partial charge in [-0.25, -0.2) is 4.79 Å². The molecular weight excluding hydrogens is 332 g/mol. The van der Waals surface area contributed by atoms with Crippen molar-refractivity contribution in [2.24, 2.45) is 7.05 Å². The first kappa shape index (κ1) is 19.8.